The van der Waals surface area contributed by atoms with Crippen LogP contribution in [0.2, 0.25) is 0 Å². The number of phenolic OH excluding ortho intramolecular Hbond substituents is 1. The van der Waals surface area contributed by atoms with Crippen molar-refractivity contribution in [3.8, 4) is 23.0 Å². The van der Waals surface area contributed by atoms with Gasteiger partial charge in [0.2, 0.25) is 0 Å². The summed E-state index contributed by atoms with van der Waals surface area (Å²) >= 11 is 0. The molecule has 0 aromatic heterocycles. The molecule has 0 fully saturated rings. The molecule has 0 aliphatic heterocycles. The lowest BCUT2D eigenvalue weighted by Crippen LogP contribution is -2.39. The third-order valence-corrected chi connectivity index (χ3v) is 6.72. The molecule has 3 rings (SSSR count). The van der Waals surface area contributed by atoms with Crippen LogP contribution in [0.15, 0.2) is 70.7 Å². The normalized spacial score (nSPS) is 11.2. The number of nitrogens with zero attached hydrogens (tertiary/aromatic N) is 2. The summed E-state index contributed by atoms with van der Waals surface area (Å²) in [6.07, 6.45) is 1.30. The van der Waals surface area contributed by atoms with Gasteiger partial charge in [0.05, 0.1) is 38.1 Å². The van der Waals surface area contributed by atoms with E-state index in [1.54, 1.807) is 6.07 Å². The van der Waals surface area contributed by atoms with E-state index in [2.05, 4.69) is 10.5 Å². The number of rotatable bonds is 10. The van der Waals surface area contributed by atoms with Crippen molar-refractivity contribution < 1.29 is 36.9 Å². The number of sulfonamides is 1. The Hall–Kier alpha value is -4.32. The molecule has 0 spiro atoms. The predicted octanol–water partition coefficient (Wildman–Crippen LogP) is 2.90. The summed E-state index contributed by atoms with van der Waals surface area (Å²) in [6, 6.07) is 13.1. The Morgan fingerprint density at radius 1 is 0.972 bits per heavy atom. The van der Waals surface area contributed by atoms with Crippen LogP contribution in [0.25, 0.3) is 0 Å². The van der Waals surface area contributed by atoms with E-state index in [0.717, 1.165) is 16.4 Å². The van der Waals surface area contributed by atoms with Crippen LogP contribution in [0.1, 0.15) is 5.56 Å². The summed E-state index contributed by atoms with van der Waals surface area (Å²) in [6.45, 7) is -0.654. The molecule has 0 aliphatic rings. The van der Waals surface area contributed by atoms with Crippen molar-refractivity contribution in [1.29, 1.82) is 0 Å². The molecule has 0 aliphatic carbocycles. The van der Waals surface area contributed by atoms with Gasteiger partial charge in [-0.05, 0) is 60.2 Å². The van der Waals surface area contributed by atoms with Crippen LogP contribution in [0.3, 0.4) is 0 Å². The van der Waals surface area contributed by atoms with Crippen LogP contribution >= 0.6 is 0 Å². The van der Waals surface area contributed by atoms with Crippen LogP contribution < -0.4 is 23.9 Å². The van der Waals surface area contributed by atoms with Crippen molar-refractivity contribution in [2.75, 3.05) is 32.2 Å². The molecule has 12 heteroatoms. The van der Waals surface area contributed by atoms with E-state index in [1.165, 1.54) is 70.0 Å². The van der Waals surface area contributed by atoms with Crippen molar-refractivity contribution in [2.45, 2.75) is 4.90 Å². The Labute approximate surface area is 207 Å². The number of carbonyl (C=O) groups is 1. The summed E-state index contributed by atoms with van der Waals surface area (Å²) < 4.78 is 56.7. The quantitative estimate of drug-likeness (QED) is 0.313. The topological polar surface area (TPSA) is 127 Å². The van der Waals surface area contributed by atoms with E-state index >= 15 is 0 Å². The molecule has 36 heavy (non-hydrogen) atoms. The van der Waals surface area contributed by atoms with Gasteiger partial charge in [0.1, 0.15) is 12.4 Å². The Balaban J connectivity index is 1.87. The van der Waals surface area contributed by atoms with Crippen molar-refractivity contribution in [3.05, 3.63) is 72.0 Å². The molecule has 190 valence electrons. The van der Waals surface area contributed by atoms with Gasteiger partial charge in [0.15, 0.2) is 23.0 Å². The summed E-state index contributed by atoms with van der Waals surface area (Å²) in [5.74, 6) is -0.674. The number of benzene rings is 3. The first-order chi connectivity index (χ1) is 17.2. The van der Waals surface area contributed by atoms with Crippen LogP contribution in [-0.4, -0.2) is 53.5 Å². The fraction of sp³-hybridized carbons (Fsp3) is 0.167. The van der Waals surface area contributed by atoms with E-state index in [9.17, 15) is 22.7 Å². The molecular weight excluding hydrogens is 493 g/mol. The van der Waals surface area contributed by atoms with E-state index in [0.29, 0.717) is 11.3 Å². The van der Waals surface area contributed by atoms with Crippen molar-refractivity contribution in [2.24, 2.45) is 5.10 Å². The standard InChI is InChI=1S/C24H24FN3O7S/c1-33-21-11-9-19(13-23(21)35-3)36(31,32)28(18-7-5-17(25)6-8-18)15-24(30)27-26-14-16-4-10-20(29)22(12-16)34-2/h4-14,29H,15H2,1-3H3,(H,27,30)/b26-14-. The molecule has 10 nitrogen and oxygen atoms in total. The minimum absolute atomic E-state index is 0.0611. The predicted molar refractivity (Wildman–Crippen MR) is 131 cm³/mol. The molecule has 3 aromatic rings. The first-order valence-electron chi connectivity index (χ1n) is 10.4. The van der Waals surface area contributed by atoms with Crippen LogP contribution in [-0.2, 0) is 14.8 Å². The largest absolute Gasteiger partial charge is 0.504 e. The highest BCUT2D eigenvalue weighted by Gasteiger charge is 2.28. The molecule has 0 bridgehead atoms. The van der Waals surface area contributed by atoms with Crippen molar-refractivity contribution >= 4 is 27.8 Å². The summed E-state index contributed by atoms with van der Waals surface area (Å²) in [5, 5.41) is 13.5. The number of nitrogens with one attached hydrogen (secondary N) is 1. The number of hydrazone groups is 1. The number of ether oxygens (including phenoxy) is 3. The number of phenols is 1. The number of anilines is 1. The SMILES string of the molecule is COc1cc(/C=N\NC(=O)CN(c2ccc(F)cc2)S(=O)(=O)c2ccc(OC)c(OC)c2)ccc1O. The lowest BCUT2D eigenvalue weighted by molar-refractivity contribution is -0.119. The second-order valence-corrected chi connectivity index (χ2v) is 9.09. The third-order valence-electron chi connectivity index (χ3n) is 4.95. The van der Waals surface area contributed by atoms with Gasteiger partial charge in [-0.1, -0.05) is 0 Å². The lowest BCUT2D eigenvalue weighted by atomic mass is 10.2. The number of methoxy groups -OCH3 is 3. The van der Waals surface area contributed by atoms with Gasteiger partial charge in [-0.2, -0.15) is 5.10 Å². The van der Waals surface area contributed by atoms with E-state index < -0.39 is 28.3 Å². The molecule has 1 amide bonds. The minimum atomic E-state index is -4.29. The van der Waals surface area contributed by atoms with Gasteiger partial charge < -0.3 is 19.3 Å². The van der Waals surface area contributed by atoms with Gasteiger partial charge >= 0.3 is 0 Å². The first kappa shape index (κ1) is 26.3. The van der Waals surface area contributed by atoms with Gasteiger partial charge in [0, 0.05) is 6.07 Å². The van der Waals surface area contributed by atoms with E-state index in [-0.39, 0.29) is 27.8 Å². The fourth-order valence-corrected chi connectivity index (χ4v) is 4.58. The van der Waals surface area contributed by atoms with Crippen LogP contribution in [0.5, 0.6) is 23.0 Å². The zero-order valence-corrected chi connectivity index (χ0v) is 20.5. The highest BCUT2D eigenvalue weighted by atomic mass is 32.2. The fourth-order valence-electron chi connectivity index (χ4n) is 3.15. The maximum absolute atomic E-state index is 13.5. The van der Waals surface area contributed by atoms with Crippen molar-refractivity contribution in [3.63, 3.8) is 0 Å². The smallest absolute Gasteiger partial charge is 0.264 e. The van der Waals surface area contributed by atoms with Crippen molar-refractivity contribution in [1.82, 2.24) is 5.43 Å². The maximum Gasteiger partial charge on any atom is 0.264 e. The summed E-state index contributed by atoms with van der Waals surface area (Å²) in [5.41, 5.74) is 2.84. The number of hydrogen-bond donors (Lipinski definition) is 2. The Morgan fingerprint density at radius 3 is 2.28 bits per heavy atom. The number of halogens is 1. The van der Waals surface area contributed by atoms with Gasteiger partial charge in [-0.3, -0.25) is 9.10 Å². The van der Waals surface area contributed by atoms with Gasteiger partial charge in [-0.15, -0.1) is 0 Å². The number of aromatic hydroxyl groups is 1. The van der Waals surface area contributed by atoms with Crippen LogP contribution in [0, 0.1) is 5.82 Å². The average molecular weight is 518 g/mol. The molecule has 0 saturated carbocycles. The lowest BCUT2D eigenvalue weighted by Gasteiger charge is -2.24. The highest BCUT2D eigenvalue weighted by molar-refractivity contribution is 7.92. The van der Waals surface area contributed by atoms with Gasteiger partial charge in [0.25, 0.3) is 15.9 Å². The zero-order chi connectivity index (χ0) is 26.3. The molecule has 0 heterocycles. The Kier molecular flexibility index (Phi) is 8.33. The average Bonchev–Trinajstić information content (AvgIpc) is 2.88. The molecule has 0 atom stereocenters. The Morgan fingerprint density at radius 2 is 1.64 bits per heavy atom. The second kappa shape index (κ2) is 11.4. The molecule has 3 aromatic carbocycles. The molecule has 0 unspecified atom stereocenters. The van der Waals surface area contributed by atoms with E-state index in [1.807, 2.05) is 0 Å². The Bertz CT molecular complexity index is 1360. The summed E-state index contributed by atoms with van der Waals surface area (Å²) in [7, 11) is -0.128. The van der Waals surface area contributed by atoms with Crippen LogP contribution in [0.4, 0.5) is 10.1 Å². The third kappa shape index (κ3) is 6.02. The first-order valence-corrected chi connectivity index (χ1v) is 11.8. The van der Waals surface area contributed by atoms with Gasteiger partial charge in [-0.25, -0.2) is 18.2 Å². The number of hydrogen-bond acceptors (Lipinski definition) is 8. The number of carbonyl (C=O) groups excluding carboxylic acids is 1. The molecule has 0 saturated heterocycles. The molecular formula is C24H24FN3O7S. The second-order valence-electron chi connectivity index (χ2n) is 7.23. The zero-order valence-electron chi connectivity index (χ0n) is 19.6. The summed E-state index contributed by atoms with van der Waals surface area (Å²) in [4.78, 5) is 12.5. The molecule has 2 N–H and O–H groups in total. The number of amides is 1. The van der Waals surface area contributed by atoms with E-state index in [4.69, 9.17) is 14.2 Å². The molecule has 0 radical (unpaired) electrons. The highest BCUT2D eigenvalue weighted by Crippen LogP contribution is 2.32. The monoisotopic (exact) mass is 517 g/mol. The minimum Gasteiger partial charge on any atom is -0.504 e. The maximum atomic E-state index is 13.5.